The first-order valence-electron chi connectivity index (χ1n) is 10.7. The van der Waals surface area contributed by atoms with Crippen LogP contribution in [0.15, 0.2) is 29.3 Å². The van der Waals surface area contributed by atoms with Crippen molar-refractivity contribution in [2.24, 2.45) is 10.9 Å². The molecule has 2 N–H and O–H groups in total. The lowest BCUT2D eigenvalue weighted by Crippen LogP contribution is -2.46. The summed E-state index contributed by atoms with van der Waals surface area (Å²) >= 11 is 0. The van der Waals surface area contributed by atoms with Crippen molar-refractivity contribution in [2.75, 3.05) is 13.7 Å². The topological polar surface area (TPSA) is 76.4 Å². The summed E-state index contributed by atoms with van der Waals surface area (Å²) in [6.45, 7) is 6.59. The van der Waals surface area contributed by atoms with Crippen molar-refractivity contribution in [1.82, 2.24) is 25.4 Å². The molecule has 4 rings (SSSR count). The highest BCUT2D eigenvalue weighted by Gasteiger charge is 2.24. The van der Waals surface area contributed by atoms with E-state index >= 15 is 0 Å². The van der Waals surface area contributed by atoms with Crippen LogP contribution >= 0.6 is 24.0 Å². The van der Waals surface area contributed by atoms with Crippen molar-refractivity contribution in [3.63, 3.8) is 0 Å². The maximum Gasteiger partial charge on any atom is 0.191 e. The number of fused-ring (bicyclic) bond motifs is 1. The first kappa shape index (κ1) is 22.8. The number of aliphatic imine (C=N–C) groups is 1. The Balaban J connectivity index is 0.00000256. The molecule has 1 unspecified atom stereocenters. The van der Waals surface area contributed by atoms with Gasteiger partial charge in [0.25, 0.3) is 0 Å². The fraction of sp³-hybridized carbons (Fsp3) is 0.591. The third-order valence-corrected chi connectivity index (χ3v) is 5.55. The van der Waals surface area contributed by atoms with Gasteiger partial charge >= 0.3 is 0 Å². The summed E-state index contributed by atoms with van der Waals surface area (Å²) in [5.74, 6) is 4.90. The molecule has 7 nitrogen and oxygen atoms in total. The molecule has 1 aliphatic carbocycles. The third-order valence-electron chi connectivity index (χ3n) is 5.55. The lowest BCUT2D eigenvalue weighted by atomic mass is 10.1. The Hall–Kier alpha value is -1.84. The number of aromatic nitrogens is 3. The Kier molecular flexibility index (Phi) is 7.96. The summed E-state index contributed by atoms with van der Waals surface area (Å²) < 4.78 is 8.07. The number of aryl methyl sites for hydroxylation is 1. The van der Waals surface area contributed by atoms with Crippen LogP contribution in [0.1, 0.15) is 56.2 Å². The summed E-state index contributed by atoms with van der Waals surface area (Å²) in [6.07, 6.45) is 4.55. The van der Waals surface area contributed by atoms with Crippen LogP contribution in [0.3, 0.4) is 0 Å². The fourth-order valence-corrected chi connectivity index (χ4v) is 3.54. The zero-order valence-corrected chi connectivity index (χ0v) is 20.4. The van der Waals surface area contributed by atoms with Gasteiger partial charge in [0.15, 0.2) is 11.8 Å². The lowest BCUT2D eigenvalue weighted by molar-refractivity contribution is 0.296. The van der Waals surface area contributed by atoms with Crippen molar-refractivity contribution < 1.29 is 4.74 Å². The number of nitrogens with one attached hydrogen (secondary N) is 2. The molecular weight excluding hydrogens is 491 g/mol. The number of nitrogens with zero attached hydrogens (tertiary/aromatic N) is 4. The average molecular weight is 524 g/mol. The number of para-hydroxylation sites is 1. The molecule has 1 aromatic heterocycles. The van der Waals surface area contributed by atoms with Crippen LogP contribution in [-0.4, -0.2) is 40.4 Å². The minimum absolute atomic E-state index is 0. The van der Waals surface area contributed by atoms with Crippen LogP contribution in [0.25, 0.3) is 0 Å². The molecule has 1 fully saturated rings. The maximum atomic E-state index is 6.02. The highest BCUT2D eigenvalue weighted by Crippen LogP contribution is 2.30. The van der Waals surface area contributed by atoms with Gasteiger partial charge in [0.05, 0.1) is 13.2 Å². The predicted molar refractivity (Wildman–Crippen MR) is 130 cm³/mol. The van der Waals surface area contributed by atoms with Crippen LogP contribution in [0.4, 0.5) is 0 Å². The van der Waals surface area contributed by atoms with E-state index in [1.807, 2.05) is 17.8 Å². The van der Waals surface area contributed by atoms with Crippen LogP contribution in [0.5, 0.6) is 5.75 Å². The van der Waals surface area contributed by atoms with Gasteiger partial charge < -0.3 is 15.4 Å². The molecule has 0 saturated heterocycles. The molecule has 8 heteroatoms. The van der Waals surface area contributed by atoms with E-state index in [1.54, 1.807) is 0 Å². The van der Waals surface area contributed by atoms with E-state index in [0.717, 1.165) is 60.8 Å². The second-order valence-corrected chi connectivity index (χ2v) is 8.39. The molecule has 2 aliphatic rings. The molecule has 0 spiro atoms. The normalized spacial score (nSPS) is 18.5. The largest absolute Gasteiger partial charge is 0.493 e. The van der Waals surface area contributed by atoms with Crippen molar-refractivity contribution in [3.05, 3.63) is 41.5 Å². The molecular formula is C22H33IN6O. The summed E-state index contributed by atoms with van der Waals surface area (Å²) in [7, 11) is 1.81. The highest BCUT2D eigenvalue weighted by molar-refractivity contribution is 14.0. The smallest absolute Gasteiger partial charge is 0.191 e. The highest BCUT2D eigenvalue weighted by atomic mass is 127. The number of hydrogen-bond acceptors (Lipinski definition) is 4. The SMILES string of the molecule is CN=C(NCc1ccccc1OCC1CC1)NC1CCc2nc(C(C)C)nn2C1.I. The van der Waals surface area contributed by atoms with Crippen LogP contribution < -0.4 is 15.4 Å². The zero-order chi connectivity index (χ0) is 20.2. The van der Waals surface area contributed by atoms with Gasteiger partial charge in [-0.1, -0.05) is 32.0 Å². The van der Waals surface area contributed by atoms with Crippen molar-refractivity contribution >= 4 is 29.9 Å². The van der Waals surface area contributed by atoms with Crippen LogP contribution in [0, 0.1) is 5.92 Å². The number of ether oxygens (including phenoxy) is 1. The van der Waals surface area contributed by atoms with Gasteiger partial charge in [0, 0.05) is 37.5 Å². The first-order chi connectivity index (χ1) is 14.1. The van der Waals surface area contributed by atoms with Gasteiger partial charge in [-0.25, -0.2) is 9.67 Å². The van der Waals surface area contributed by atoms with E-state index in [0.29, 0.717) is 12.5 Å². The number of benzene rings is 1. The first-order valence-corrected chi connectivity index (χ1v) is 10.7. The van der Waals surface area contributed by atoms with Crippen LogP contribution in [0.2, 0.25) is 0 Å². The summed E-state index contributed by atoms with van der Waals surface area (Å²) in [5.41, 5.74) is 1.15. The predicted octanol–water partition coefficient (Wildman–Crippen LogP) is 3.49. The molecule has 30 heavy (non-hydrogen) atoms. The lowest BCUT2D eigenvalue weighted by Gasteiger charge is -2.25. The Morgan fingerprint density at radius 1 is 1.27 bits per heavy atom. The molecule has 1 saturated carbocycles. The van der Waals surface area contributed by atoms with Gasteiger partial charge in [-0.2, -0.15) is 5.10 Å². The van der Waals surface area contributed by atoms with E-state index in [2.05, 4.69) is 57.8 Å². The second-order valence-electron chi connectivity index (χ2n) is 8.39. The van der Waals surface area contributed by atoms with Gasteiger partial charge in [-0.15, -0.1) is 24.0 Å². The molecule has 1 aromatic carbocycles. The van der Waals surface area contributed by atoms with Gasteiger partial charge in [-0.3, -0.25) is 4.99 Å². The molecule has 0 amide bonds. The molecule has 2 heterocycles. The van der Waals surface area contributed by atoms with Crippen molar-refractivity contribution in [1.29, 1.82) is 0 Å². The van der Waals surface area contributed by atoms with Crippen molar-refractivity contribution in [3.8, 4) is 5.75 Å². The van der Waals surface area contributed by atoms with E-state index in [4.69, 9.17) is 4.74 Å². The van der Waals surface area contributed by atoms with Crippen LogP contribution in [-0.2, 0) is 19.5 Å². The molecule has 1 atom stereocenters. The van der Waals surface area contributed by atoms with Gasteiger partial charge in [0.2, 0.25) is 0 Å². The molecule has 1 aliphatic heterocycles. The minimum Gasteiger partial charge on any atom is -0.493 e. The fourth-order valence-electron chi connectivity index (χ4n) is 3.54. The maximum absolute atomic E-state index is 6.02. The van der Waals surface area contributed by atoms with E-state index in [1.165, 1.54) is 12.8 Å². The minimum atomic E-state index is 0. The number of hydrogen-bond donors (Lipinski definition) is 2. The number of halogens is 1. The summed E-state index contributed by atoms with van der Waals surface area (Å²) in [4.78, 5) is 9.08. The number of rotatable bonds is 7. The molecule has 164 valence electrons. The van der Waals surface area contributed by atoms with E-state index in [9.17, 15) is 0 Å². The van der Waals surface area contributed by atoms with Gasteiger partial charge in [-0.05, 0) is 31.2 Å². The molecule has 0 bridgehead atoms. The van der Waals surface area contributed by atoms with E-state index in [-0.39, 0.29) is 30.0 Å². The standard InChI is InChI=1S/C22H32N6O.HI/c1-15(2)21-26-20-11-10-18(13-28(20)27-21)25-22(23-3)24-12-17-6-4-5-7-19(17)29-14-16-8-9-16;/h4-7,15-16,18H,8-14H2,1-3H3,(H2,23,24,25);1H. The second kappa shape index (κ2) is 10.5. The van der Waals surface area contributed by atoms with E-state index < -0.39 is 0 Å². The number of guanidine groups is 1. The summed E-state index contributed by atoms with van der Waals surface area (Å²) in [6, 6.07) is 8.53. The third kappa shape index (κ3) is 5.86. The average Bonchev–Trinajstić information content (AvgIpc) is 3.46. The van der Waals surface area contributed by atoms with Gasteiger partial charge in [0.1, 0.15) is 11.6 Å². The Bertz CT molecular complexity index is 861. The zero-order valence-electron chi connectivity index (χ0n) is 18.1. The molecule has 0 radical (unpaired) electrons. The summed E-state index contributed by atoms with van der Waals surface area (Å²) in [5, 5.41) is 11.6. The monoisotopic (exact) mass is 524 g/mol. The Morgan fingerprint density at radius 2 is 2.07 bits per heavy atom. The Morgan fingerprint density at radius 3 is 2.80 bits per heavy atom. The molecule has 2 aromatic rings. The quantitative estimate of drug-likeness (QED) is 0.330. The van der Waals surface area contributed by atoms with Crippen molar-refractivity contribution in [2.45, 2.75) is 64.6 Å². The Labute approximate surface area is 196 Å².